The van der Waals surface area contributed by atoms with Gasteiger partial charge in [-0.05, 0) is 55.5 Å². The molecule has 0 spiro atoms. The topological polar surface area (TPSA) is 65.0 Å². The van der Waals surface area contributed by atoms with E-state index < -0.39 is 0 Å². The van der Waals surface area contributed by atoms with Crippen LogP contribution in [0.2, 0.25) is 0 Å². The fourth-order valence-electron chi connectivity index (χ4n) is 3.84. The van der Waals surface area contributed by atoms with Crippen LogP contribution in [-0.2, 0) is 11.3 Å². The summed E-state index contributed by atoms with van der Waals surface area (Å²) in [6, 6.07) is 11.7. The molecule has 5 rings (SSSR count). The number of fused-ring (bicyclic) bond motifs is 2. The standard InChI is InChI=1S/C23H20BrN3O4S/c1-2-27-22(28)18(25-23(27)32)9-14-12-26(19-5-3-15(24)10-17(14)19)7-8-29-16-4-6-20-21(11-16)31-13-30-20/h3-6,9-12H,2,7-8,13H2,1H3,(H,25,32)/b18-9-. The summed E-state index contributed by atoms with van der Waals surface area (Å²) in [6.45, 7) is 3.78. The molecule has 1 amide bonds. The summed E-state index contributed by atoms with van der Waals surface area (Å²) in [6.07, 6.45) is 3.88. The number of benzene rings is 2. The smallest absolute Gasteiger partial charge is 0.276 e. The second kappa shape index (κ2) is 8.48. The molecule has 0 unspecified atom stereocenters. The molecule has 1 fully saturated rings. The van der Waals surface area contributed by atoms with Crippen molar-refractivity contribution in [3.63, 3.8) is 0 Å². The van der Waals surface area contributed by atoms with Crippen LogP contribution in [0.15, 0.2) is 52.8 Å². The van der Waals surface area contributed by atoms with E-state index in [0.717, 1.165) is 32.4 Å². The second-order valence-electron chi connectivity index (χ2n) is 7.34. The number of rotatable bonds is 6. The van der Waals surface area contributed by atoms with Gasteiger partial charge in [0.1, 0.15) is 18.1 Å². The van der Waals surface area contributed by atoms with Crippen LogP contribution in [-0.4, -0.2) is 40.4 Å². The molecule has 0 aliphatic carbocycles. The van der Waals surface area contributed by atoms with Gasteiger partial charge in [0.2, 0.25) is 6.79 Å². The molecule has 2 aliphatic heterocycles. The number of carbonyl (C=O) groups is 1. The van der Waals surface area contributed by atoms with Crippen LogP contribution in [0.1, 0.15) is 12.5 Å². The van der Waals surface area contributed by atoms with Gasteiger partial charge in [-0.3, -0.25) is 9.69 Å². The second-order valence-corrected chi connectivity index (χ2v) is 8.64. The van der Waals surface area contributed by atoms with Crippen molar-refractivity contribution in [1.29, 1.82) is 0 Å². The molecule has 0 bridgehead atoms. The van der Waals surface area contributed by atoms with Crippen molar-refractivity contribution in [2.24, 2.45) is 0 Å². The van der Waals surface area contributed by atoms with Crippen molar-refractivity contribution < 1.29 is 19.0 Å². The van der Waals surface area contributed by atoms with Gasteiger partial charge in [0.15, 0.2) is 16.6 Å². The number of amides is 1. The lowest BCUT2D eigenvalue weighted by Crippen LogP contribution is -2.30. The Morgan fingerprint density at radius 2 is 2.06 bits per heavy atom. The minimum Gasteiger partial charge on any atom is -0.492 e. The van der Waals surface area contributed by atoms with Gasteiger partial charge in [-0.15, -0.1) is 0 Å². The first-order valence-corrected chi connectivity index (χ1v) is 11.4. The van der Waals surface area contributed by atoms with Crippen molar-refractivity contribution in [2.75, 3.05) is 19.9 Å². The zero-order valence-corrected chi connectivity index (χ0v) is 19.7. The number of nitrogens with zero attached hydrogens (tertiary/aromatic N) is 2. The third kappa shape index (κ3) is 3.82. The number of likely N-dealkylation sites (N-methyl/N-ethyl adjacent to an activating group) is 1. The Hall–Kier alpha value is -3.04. The van der Waals surface area contributed by atoms with E-state index >= 15 is 0 Å². The highest BCUT2D eigenvalue weighted by Crippen LogP contribution is 2.35. The minimum atomic E-state index is -0.112. The summed E-state index contributed by atoms with van der Waals surface area (Å²) in [5, 5.41) is 4.50. The average molecular weight is 514 g/mol. The van der Waals surface area contributed by atoms with Crippen LogP contribution in [0, 0.1) is 0 Å². The lowest BCUT2D eigenvalue weighted by molar-refractivity contribution is -0.122. The largest absolute Gasteiger partial charge is 0.492 e. The van der Waals surface area contributed by atoms with Crippen molar-refractivity contribution >= 4 is 56.1 Å². The Labute approximate surface area is 198 Å². The summed E-state index contributed by atoms with van der Waals surface area (Å²) in [5.41, 5.74) is 2.46. The van der Waals surface area contributed by atoms with E-state index in [-0.39, 0.29) is 12.7 Å². The number of carbonyl (C=O) groups excluding carboxylic acids is 1. The lowest BCUT2D eigenvalue weighted by atomic mass is 10.1. The lowest BCUT2D eigenvalue weighted by Gasteiger charge is -2.09. The van der Waals surface area contributed by atoms with Crippen molar-refractivity contribution in [3.05, 3.63) is 58.3 Å². The van der Waals surface area contributed by atoms with Gasteiger partial charge < -0.3 is 24.1 Å². The molecule has 3 heterocycles. The molecule has 164 valence electrons. The summed E-state index contributed by atoms with van der Waals surface area (Å²) in [7, 11) is 0. The monoisotopic (exact) mass is 513 g/mol. The number of aromatic nitrogens is 1. The first kappa shape index (κ1) is 20.8. The molecule has 32 heavy (non-hydrogen) atoms. The van der Waals surface area contributed by atoms with E-state index in [1.807, 2.05) is 49.5 Å². The quantitative estimate of drug-likeness (QED) is 0.391. The summed E-state index contributed by atoms with van der Waals surface area (Å²) in [5.74, 6) is 2.04. The fraction of sp³-hybridized carbons (Fsp3) is 0.217. The molecule has 1 saturated heterocycles. The van der Waals surface area contributed by atoms with E-state index in [1.165, 1.54) is 0 Å². The number of halogens is 1. The fourth-order valence-corrected chi connectivity index (χ4v) is 4.52. The van der Waals surface area contributed by atoms with Gasteiger partial charge in [0, 0.05) is 39.7 Å². The highest BCUT2D eigenvalue weighted by atomic mass is 79.9. The summed E-state index contributed by atoms with van der Waals surface area (Å²) in [4.78, 5) is 14.2. The maximum absolute atomic E-state index is 12.6. The van der Waals surface area contributed by atoms with Crippen molar-refractivity contribution in [3.8, 4) is 17.2 Å². The predicted molar refractivity (Wildman–Crippen MR) is 129 cm³/mol. The first-order chi connectivity index (χ1) is 15.5. The van der Waals surface area contributed by atoms with Crippen LogP contribution < -0.4 is 19.5 Å². The summed E-state index contributed by atoms with van der Waals surface area (Å²) >= 11 is 8.82. The first-order valence-electron chi connectivity index (χ1n) is 10.2. The van der Waals surface area contributed by atoms with Crippen LogP contribution in [0.5, 0.6) is 17.2 Å². The number of hydrogen-bond acceptors (Lipinski definition) is 5. The third-order valence-electron chi connectivity index (χ3n) is 5.40. The van der Waals surface area contributed by atoms with E-state index in [2.05, 4.69) is 31.9 Å². The Morgan fingerprint density at radius 3 is 2.88 bits per heavy atom. The molecule has 0 atom stereocenters. The number of nitrogens with one attached hydrogen (secondary N) is 1. The van der Waals surface area contributed by atoms with Crippen LogP contribution in [0.3, 0.4) is 0 Å². The van der Waals surface area contributed by atoms with Crippen molar-refractivity contribution in [1.82, 2.24) is 14.8 Å². The normalized spacial score (nSPS) is 16.3. The van der Waals surface area contributed by atoms with Gasteiger partial charge in [-0.2, -0.15) is 0 Å². The Balaban J connectivity index is 1.39. The van der Waals surface area contributed by atoms with Crippen LogP contribution in [0.4, 0.5) is 0 Å². The van der Waals surface area contributed by atoms with Gasteiger partial charge >= 0.3 is 0 Å². The molecular formula is C23H20BrN3O4S. The number of hydrogen-bond donors (Lipinski definition) is 1. The Bertz CT molecular complexity index is 1270. The zero-order chi connectivity index (χ0) is 22.2. The molecule has 2 aromatic carbocycles. The molecule has 9 heteroatoms. The highest BCUT2D eigenvalue weighted by molar-refractivity contribution is 9.10. The summed E-state index contributed by atoms with van der Waals surface area (Å²) < 4.78 is 19.8. The molecule has 3 aromatic rings. The maximum atomic E-state index is 12.6. The zero-order valence-electron chi connectivity index (χ0n) is 17.3. The molecular weight excluding hydrogens is 494 g/mol. The molecule has 0 radical (unpaired) electrons. The molecule has 1 N–H and O–H groups in total. The number of ether oxygens (including phenoxy) is 3. The Morgan fingerprint density at radius 1 is 1.22 bits per heavy atom. The van der Waals surface area contributed by atoms with E-state index in [4.69, 9.17) is 26.4 Å². The van der Waals surface area contributed by atoms with E-state index in [0.29, 0.717) is 36.3 Å². The van der Waals surface area contributed by atoms with Gasteiger partial charge in [0.25, 0.3) is 5.91 Å². The SMILES string of the molecule is CCN1C(=O)/C(=C/c2cn(CCOc3ccc4c(c3)OCO4)c3ccc(Br)cc23)NC1=S. The minimum absolute atomic E-state index is 0.112. The van der Waals surface area contributed by atoms with Gasteiger partial charge in [0.05, 0.1) is 6.54 Å². The van der Waals surface area contributed by atoms with Gasteiger partial charge in [-0.1, -0.05) is 15.9 Å². The van der Waals surface area contributed by atoms with E-state index in [1.54, 1.807) is 4.90 Å². The van der Waals surface area contributed by atoms with E-state index in [9.17, 15) is 4.79 Å². The molecule has 7 nitrogen and oxygen atoms in total. The Kier molecular flexibility index (Phi) is 5.52. The molecule has 1 aromatic heterocycles. The average Bonchev–Trinajstić information content (AvgIpc) is 3.45. The van der Waals surface area contributed by atoms with Crippen LogP contribution >= 0.6 is 28.1 Å². The predicted octanol–water partition coefficient (Wildman–Crippen LogP) is 4.29. The molecule has 0 saturated carbocycles. The highest BCUT2D eigenvalue weighted by Gasteiger charge is 2.29. The third-order valence-corrected chi connectivity index (χ3v) is 6.21. The maximum Gasteiger partial charge on any atom is 0.276 e. The van der Waals surface area contributed by atoms with Gasteiger partial charge in [-0.25, -0.2) is 0 Å². The van der Waals surface area contributed by atoms with Crippen LogP contribution in [0.25, 0.3) is 17.0 Å². The molecule has 2 aliphatic rings. The number of thiocarbonyl (C=S) groups is 1. The van der Waals surface area contributed by atoms with Crippen molar-refractivity contribution in [2.45, 2.75) is 13.5 Å².